The number of ether oxygens (including phenoxy) is 1. The van der Waals surface area contributed by atoms with Crippen molar-refractivity contribution < 1.29 is 28.2 Å². The maximum absolute atomic E-state index is 15.3. The number of primary amides is 1. The maximum Gasteiger partial charge on any atom is 0.251 e. The van der Waals surface area contributed by atoms with Crippen molar-refractivity contribution in [3.8, 4) is 17.0 Å². The number of nitrogens with two attached hydrogens (primary N) is 1. The molecule has 0 bridgehead atoms. The first-order chi connectivity index (χ1) is 20.6. The van der Waals surface area contributed by atoms with Crippen LogP contribution in [0.4, 0.5) is 8.78 Å². The first kappa shape index (κ1) is 29.0. The number of nitrogens with zero attached hydrogens (tertiary/aromatic N) is 3. The van der Waals surface area contributed by atoms with Gasteiger partial charge in [-0.1, -0.05) is 11.6 Å². The second-order valence-electron chi connectivity index (χ2n) is 11.1. The molecule has 0 aliphatic heterocycles. The molecule has 2 amide bonds. The van der Waals surface area contributed by atoms with Gasteiger partial charge in [-0.15, -0.1) is 0 Å². The van der Waals surface area contributed by atoms with E-state index in [0.717, 1.165) is 35.9 Å². The number of benzene rings is 2. The van der Waals surface area contributed by atoms with Crippen molar-refractivity contribution in [3.63, 3.8) is 0 Å². The number of hydrogen-bond acceptors (Lipinski definition) is 6. The van der Waals surface area contributed by atoms with Gasteiger partial charge in [0.05, 0.1) is 47.4 Å². The van der Waals surface area contributed by atoms with Crippen LogP contribution in [0.25, 0.3) is 22.2 Å². The molecule has 0 radical (unpaired) electrons. The Kier molecular flexibility index (Phi) is 7.55. The lowest BCUT2D eigenvalue weighted by molar-refractivity contribution is -0.117. The van der Waals surface area contributed by atoms with E-state index in [1.165, 1.54) is 6.07 Å². The number of fused-ring (bicyclic) bond motifs is 1. The number of pyridine rings is 1. The van der Waals surface area contributed by atoms with Gasteiger partial charge in [0.2, 0.25) is 5.91 Å². The summed E-state index contributed by atoms with van der Waals surface area (Å²) in [5, 5.41) is 19.9. The van der Waals surface area contributed by atoms with Crippen molar-refractivity contribution >= 4 is 34.3 Å². The van der Waals surface area contributed by atoms with E-state index < -0.39 is 34.6 Å². The lowest BCUT2D eigenvalue weighted by Crippen LogP contribution is -2.43. The Morgan fingerprint density at radius 3 is 2.63 bits per heavy atom. The van der Waals surface area contributed by atoms with Crippen LogP contribution in [0.15, 0.2) is 42.6 Å². The lowest BCUT2D eigenvalue weighted by Gasteiger charge is -2.30. The van der Waals surface area contributed by atoms with Crippen LogP contribution in [0.2, 0.25) is 5.02 Å². The minimum absolute atomic E-state index is 0.0185. The molecule has 43 heavy (non-hydrogen) atoms. The summed E-state index contributed by atoms with van der Waals surface area (Å²) in [6, 6.07) is 9.11. The van der Waals surface area contributed by atoms with Crippen LogP contribution in [0.3, 0.4) is 0 Å². The molecule has 2 saturated carbocycles. The lowest BCUT2D eigenvalue weighted by atomic mass is 9.90. The summed E-state index contributed by atoms with van der Waals surface area (Å²) in [7, 11) is 0. The molecule has 0 unspecified atom stereocenters. The monoisotopic (exact) mass is 609 g/mol. The van der Waals surface area contributed by atoms with Gasteiger partial charge in [0.15, 0.2) is 5.82 Å². The molecule has 1 atom stereocenters. The molecule has 2 aliphatic rings. The number of nitrogens with one attached hydrogen (secondary N) is 1. The third kappa shape index (κ3) is 5.66. The summed E-state index contributed by atoms with van der Waals surface area (Å²) >= 11 is 5.99. The van der Waals surface area contributed by atoms with Crippen molar-refractivity contribution in [2.24, 2.45) is 11.7 Å². The molecule has 6 rings (SSSR count). The standard InChI is InChI=1S/C31H30ClF2N5O4/c1-2-43-29-17(13-25(35)40)12-24(37-28(29)26-22(33)9-8-21(32)27(26)34)31(42,19-4-5-19)15-36-30(41)16-3-10-23-18(11-16)14-39(38-23)20-6-7-20/h3,8-12,14,19-20,42H,2,4-7,13,15H2,1H3,(H2,35,40)(H,36,41)/t31-/m1/s1. The van der Waals surface area contributed by atoms with Gasteiger partial charge in [-0.2, -0.15) is 5.10 Å². The summed E-state index contributed by atoms with van der Waals surface area (Å²) in [5.41, 5.74) is 4.33. The normalized spacial score (nSPS) is 16.2. The highest BCUT2D eigenvalue weighted by atomic mass is 35.5. The number of halogens is 3. The zero-order chi connectivity index (χ0) is 30.5. The van der Waals surface area contributed by atoms with E-state index in [-0.39, 0.29) is 53.2 Å². The Morgan fingerprint density at radius 1 is 1.19 bits per heavy atom. The predicted octanol–water partition coefficient (Wildman–Crippen LogP) is 4.82. The number of hydrogen-bond donors (Lipinski definition) is 3. The molecule has 0 spiro atoms. The van der Waals surface area contributed by atoms with Gasteiger partial charge < -0.3 is 20.9 Å². The van der Waals surface area contributed by atoms with Gasteiger partial charge in [0.25, 0.3) is 5.91 Å². The summed E-state index contributed by atoms with van der Waals surface area (Å²) in [6.45, 7) is 1.52. The van der Waals surface area contributed by atoms with Crippen LogP contribution in [0, 0.1) is 17.6 Å². The first-order valence-corrected chi connectivity index (χ1v) is 14.6. The number of rotatable bonds is 11. The Bertz CT molecular complexity index is 1750. The van der Waals surface area contributed by atoms with Gasteiger partial charge in [-0.25, -0.2) is 13.8 Å². The summed E-state index contributed by atoms with van der Waals surface area (Å²) < 4.78 is 38.0. The smallest absolute Gasteiger partial charge is 0.251 e. The van der Waals surface area contributed by atoms with Gasteiger partial charge in [-0.05, 0) is 74.9 Å². The SMILES string of the molecule is CCOc1c(CC(N)=O)cc([C@@](O)(CNC(=O)c2ccc3nn(C4CC4)cc3c2)C2CC2)nc1-c1c(F)ccc(Cl)c1F. The Balaban J connectivity index is 1.38. The van der Waals surface area contributed by atoms with Gasteiger partial charge >= 0.3 is 0 Å². The molecule has 2 fully saturated rings. The molecule has 2 heterocycles. The minimum atomic E-state index is -1.73. The Morgan fingerprint density at radius 2 is 1.95 bits per heavy atom. The molecule has 0 saturated heterocycles. The summed E-state index contributed by atoms with van der Waals surface area (Å²) in [5.74, 6) is -3.52. The van der Waals surface area contributed by atoms with E-state index in [0.29, 0.717) is 24.4 Å². The molecular formula is C31H30ClF2N5O4. The van der Waals surface area contributed by atoms with E-state index in [4.69, 9.17) is 22.1 Å². The quantitative estimate of drug-likeness (QED) is 0.209. The molecule has 2 aromatic carbocycles. The van der Waals surface area contributed by atoms with E-state index >= 15 is 8.78 Å². The predicted molar refractivity (Wildman–Crippen MR) is 156 cm³/mol. The highest BCUT2D eigenvalue weighted by Gasteiger charge is 2.47. The van der Waals surface area contributed by atoms with Crippen molar-refractivity contribution in [2.45, 2.75) is 50.7 Å². The third-order valence-electron chi connectivity index (χ3n) is 7.90. The van der Waals surface area contributed by atoms with Crippen molar-refractivity contribution in [1.82, 2.24) is 20.1 Å². The van der Waals surface area contributed by atoms with Crippen molar-refractivity contribution in [1.29, 1.82) is 0 Å². The van der Waals surface area contributed by atoms with Crippen LogP contribution in [0.1, 0.15) is 60.3 Å². The second kappa shape index (κ2) is 11.2. The summed E-state index contributed by atoms with van der Waals surface area (Å²) in [6.07, 6.45) is 5.01. The van der Waals surface area contributed by atoms with Crippen LogP contribution < -0.4 is 15.8 Å². The molecular weight excluding hydrogens is 580 g/mol. The van der Waals surface area contributed by atoms with E-state index in [2.05, 4.69) is 15.4 Å². The minimum Gasteiger partial charge on any atom is -0.491 e. The number of aromatic nitrogens is 3. The largest absolute Gasteiger partial charge is 0.491 e. The maximum atomic E-state index is 15.3. The fourth-order valence-electron chi connectivity index (χ4n) is 5.38. The number of carbonyl (C=O) groups excluding carboxylic acids is 2. The van der Waals surface area contributed by atoms with Crippen LogP contribution in [-0.4, -0.2) is 44.8 Å². The fourth-order valence-corrected chi connectivity index (χ4v) is 5.54. The number of amides is 2. The zero-order valence-electron chi connectivity index (χ0n) is 23.4. The first-order valence-electron chi connectivity index (χ1n) is 14.2. The Labute approximate surface area is 251 Å². The molecule has 4 N–H and O–H groups in total. The van der Waals surface area contributed by atoms with Crippen molar-refractivity contribution in [2.75, 3.05) is 13.2 Å². The zero-order valence-corrected chi connectivity index (χ0v) is 24.1. The summed E-state index contributed by atoms with van der Waals surface area (Å²) in [4.78, 5) is 29.8. The fraction of sp³-hybridized carbons (Fsp3) is 0.355. The average Bonchev–Trinajstić information content (AvgIpc) is 3.91. The molecule has 9 nitrogen and oxygen atoms in total. The number of carbonyl (C=O) groups is 2. The average molecular weight is 610 g/mol. The molecule has 12 heteroatoms. The van der Waals surface area contributed by atoms with E-state index in [1.807, 2.05) is 10.9 Å². The topological polar surface area (TPSA) is 132 Å². The molecule has 2 aliphatic carbocycles. The van der Waals surface area contributed by atoms with Crippen LogP contribution in [-0.2, 0) is 16.8 Å². The third-order valence-corrected chi connectivity index (χ3v) is 8.20. The van der Waals surface area contributed by atoms with E-state index in [1.54, 1.807) is 25.1 Å². The van der Waals surface area contributed by atoms with E-state index in [9.17, 15) is 14.7 Å². The van der Waals surface area contributed by atoms with Crippen LogP contribution >= 0.6 is 11.6 Å². The van der Waals surface area contributed by atoms with Crippen LogP contribution in [0.5, 0.6) is 5.75 Å². The molecule has 4 aromatic rings. The highest BCUT2D eigenvalue weighted by molar-refractivity contribution is 6.31. The number of aliphatic hydroxyl groups is 1. The molecule has 2 aromatic heterocycles. The highest BCUT2D eigenvalue weighted by Crippen LogP contribution is 2.47. The van der Waals surface area contributed by atoms with Crippen molar-refractivity contribution in [3.05, 3.63) is 76.1 Å². The second-order valence-corrected chi connectivity index (χ2v) is 11.5. The Hall–Kier alpha value is -4.09. The van der Waals surface area contributed by atoms with Gasteiger partial charge in [0, 0.05) is 22.7 Å². The van der Waals surface area contributed by atoms with Gasteiger partial charge in [-0.3, -0.25) is 14.3 Å². The molecule has 224 valence electrons. The van der Waals surface area contributed by atoms with Gasteiger partial charge in [0.1, 0.15) is 22.9 Å².